The summed E-state index contributed by atoms with van der Waals surface area (Å²) in [6, 6.07) is 74.9. The molecule has 4 heteroatoms. The molecule has 64 heavy (non-hydrogen) atoms. The van der Waals surface area contributed by atoms with Crippen LogP contribution in [-0.2, 0) is 5.41 Å². The zero-order valence-corrected chi connectivity index (χ0v) is 35.5. The van der Waals surface area contributed by atoms with E-state index < -0.39 is 0 Å². The van der Waals surface area contributed by atoms with Gasteiger partial charge < -0.3 is 4.42 Å². The van der Waals surface area contributed by atoms with E-state index in [9.17, 15) is 0 Å². The van der Waals surface area contributed by atoms with Crippen LogP contribution in [0.1, 0.15) is 25.0 Å². The molecule has 12 rings (SSSR count). The highest BCUT2D eigenvalue weighted by molar-refractivity contribution is 6.13. The average molecular weight is 820 g/mol. The second-order valence-electron chi connectivity index (χ2n) is 17.2. The molecule has 9 aromatic carbocycles. The Kier molecular flexibility index (Phi) is 8.80. The van der Waals surface area contributed by atoms with Crippen molar-refractivity contribution < 1.29 is 4.42 Å². The predicted octanol–water partition coefficient (Wildman–Crippen LogP) is 15.7. The Morgan fingerprint density at radius 1 is 0.328 bits per heavy atom. The SMILES string of the molecule is CC1(C)c2ccccc2-c2c(-c3cccc(-c4nc(-c5ccccc5)nc(-c5cccc(-c6ccc7c(c6)oc6cccc(-c8cccc(-c9ccccc9)c8)c67)c5)n4)c3)cccc21. The summed E-state index contributed by atoms with van der Waals surface area (Å²) < 4.78 is 6.60. The summed E-state index contributed by atoms with van der Waals surface area (Å²) in [7, 11) is 0. The van der Waals surface area contributed by atoms with Crippen LogP contribution in [-0.4, -0.2) is 15.0 Å². The first-order valence-corrected chi connectivity index (χ1v) is 21.8. The number of aromatic nitrogens is 3. The maximum Gasteiger partial charge on any atom is 0.164 e. The molecule has 11 aromatic rings. The van der Waals surface area contributed by atoms with Crippen LogP contribution in [0.4, 0.5) is 0 Å². The van der Waals surface area contributed by atoms with Gasteiger partial charge in [0.1, 0.15) is 11.2 Å². The van der Waals surface area contributed by atoms with Gasteiger partial charge in [0.15, 0.2) is 17.5 Å². The highest BCUT2D eigenvalue weighted by Crippen LogP contribution is 2.52. The molecule has 302 valence electrons. The summed E-state index contributed by atoms with van der Waals surface area (Å²) in [5, 5.41) is 2.20. The molecule has 0 fully saturated rings. The van der Waals surface area contributed by atoms with E-state index in [4.69, 9.17) is 19.4 Å². The van der Waals surface area contributed by atoms with Crippen molar-refractivity contribution in [2.24, 2.45) is 0 Å². The lowest BCUT2D eigenvalue weighted by Crippen LogP contribution is -2.14. The highest BCUT2D eigenvalue weighted by Gasteiger charge is 2.36. The van der Waals surface area contributed by atoms with Crippen LogP contribution in [0, 0.1) is 0 Å². The zero-order valence-electron chi connectivity index (χ0n) is 35.5. The Balaban J connectivity index is 0.933. The minimum atomic E-state index is -0.0841. The van der Waals surface area contributed by atoms with Crippen molar-refractivity contribution >= 4 is 21.9 Å². The van der Waals surface area contributed by atoms with Crippen molar-refractivity contribution in [1.29, 1.82) is 0 Å². The molecule has 0 radical (unpaired) electrons. The van der Waals surface area contributed by atoms with Gasteiger partial charge in [0.2, 0.25) is 0 Å². The number of furan rings is 1. The fourth-order valence-electron chi connectivity index (χ4n) is 9.75. The third-order valence-electron chi connectivity index (χ3n) is 12.9. The molecule has 0 saturated carbocycles. The van der Waals surface area contributed by atoms with Gasteiger partial charge in [-0.15, -0.1) is 0 Å². The molecule has 0 saturated heterocycles. The molecule has 2 heterocycles. The monoisotopic (exact) mass is 819 g/mol. The maximum atomic E-state index is 6.60. The summed E-state index contributed by atoms with van der Waals surface area (Å²) in [6.07, 6.45) is 0. The molecule has 0 aliphatic heterocycles. The van der Waals surface area contributed by atoms with Crippen LogP contribution in [0.25, 0.3) is 112 Å². The number of benzene rings is 9. The number of rotatable bonds is 7. The molecule has 1 aliphatic rings. The Morgan fingerprint density at radius 3 is 1.53 bits per heavy atom. The quantitative estimate of drug-likeness (QED) is 0.161. The summed E-state index contributed by atoms with van der Waals surface area (Å²) in [4.78, 5) is 15.4. The number of nitrogens with zero attached hydrogens (tertiary/aromatic N) is 3. The molecule has 1 aliphatic carbocycles. The van der Waals surface area contributed by atoms with Crippen molar-refractivity contribution in [3.63, 3.8) is 0 Å². The van der Waals surface area contributed by atoms with Gasteiger partial charge in [0.25, 0.3) is 0 Å². The van der Waals surface area contributed by atoms with Crippen LogP contribution in [0.15, 0.2) is 217 Å². The van der Waals surface area contributed by atoms with Crippen LogP contribution in [0.3, 0.4) is 0 Å². The zero-order chi connectivity index (χ0) is 42.8. The van der Waals surface area contributed by atoms with Crippen molar-refractivity contribution in [3.8, 4) is 89.8 Å². The van der Waals surface area contributed by atoms with E-state index in [0.717, 1.165) is 66.4 Å². The van der Waals surface area contributed by atoms with Crippen LogP contribution >= 0.6 is 0 Å². The maximum absolute atomic E-state index is 6.60. The number of hydrogen-bond donors (Lipinski definition) is 0. The third kappa shape index (κ3) is 6.34. The van der Waals surface area contributed by atoms with Gasteiger partial charge in [0, 0.05) is 32.9 Å². The molecule has 0 unspecified atom stereocenters. The minimum Gasteiger partial charge on any atom is -0.456 e. The molecule has 0 N–H and O–H groups in total. The smallest absolute Gasteiger partial charge is 0.164 e. The Morgan fingerprint density at radius 2 is 0.797 bits per heavy atom. The first kappa shape index (κ1) is 37.5. The average Bonchev–Trinajstić information content (AvgIpc) is 3.86. The lowest BCUT2D eigenvalue weighted by molar-refractivity contribution is 0.660. The van der Waals surface area contributed by atoms with Gasteiger partial charge in [0.05, 0.1) is 0 Å². The lowest BCUT2D eigenvalue weighted by Gasteiger charge is -2.21. The van der Waals surface area contributed by atoms with Crippen molar-refractivity contribution in [2.75, 3.05) is 0 Å². The summed E-state index contributed by atoms with van der Waals surface area (Å²) in [5.74, 6) is 1.86. The molecule has 4 nitrogen and oxygen atoms in total. The Hall–Kier alpha value is -8.21. The fourth-order valence-corrected chi connectivity index (χ4v) is 9.75. The summed E-state index contributed by atoms with van der Waals surface area (Å²) in [6.45, 7) is 4.65. The third-order valence-corrected chi connectivity index (χ3v) is 12.9. The second kappa shape index (κ2) is 15.0. The normalized spacial score (nSPS) is 12.7. The highest BCUT2D eigenvalue weighted by atomic mass is 16.3. The van der Waals surface area contributed by atoms with Gasteiger partial charge in [-0.2, -0.15) is 0 Å². The van der Waals surface area contributed by atoms with Gasteiger partial charge in [-0.3, -0.25) is 0 Å². The van der Waals surface area contributed by atoms with Gasteiger partial charge in [-0.25, -0.2) is 15.0 Å². The van der Waals surface area contributed by atoms with Crippen molar-refractivity contribution in [1.82, 2.24) is 15.0 Å². The van der Waals surface area contributed by atoms with Crippen LogP contribution < -0.4 is 0 Å². The van der Waals surface area contributed by atoms with Crippen LogP contribution in [0.2, 0.25) is 0 Å². The van der Waals surface area contributed by atoms with E-state index in [-0.39, 0.29) is 5.41 Å². The molecule has 2 aromatic heterocycles. The minimum absolute atomic E-state index is 0.0841. The van der Waals surface area contributed by atoms with Crippen molar-refractivity contribution in [3.05, 3.63) is 223 Å². The molecule has 0 bridgehead atoms. The van der Waals surface area contributed by atoms with E-state index in [1.54, 1.807) is 0 Å². The van der Waals surface area contributed by atoms with Crippen molar-refractivity contribution in [2.45, 2.75) is 19.3 Å². The Labute approximate surface area is 372 Å². The first-order valence-electron chi connectivity index (χ1n) is 21.8. The summed E-state index contributed by atoms with van der Waals surface area (Å²) >= 11 is 0. The molecule has 0 amide bonds. The standard InChI is InChI=1S/C60H41N3O/c1-60(2)51-29-10-9-26-49(51)55-47(27-14-30-52(55)60)44-23-13-25-46(36-44)59-62-57(39-18-7-4-8-19-39)61-58(63-59)45-24-12-21-41(35-45)42-32-33-50-54(37-42)64-53-31-15-28-48(56(50)53)43-22-11-20-40(34-43)38-16-5-3-6-17-38/h3-37H,1-2H3. The van der Waals surface area contributed by atoms with E-state index in [1.165, 1.54) is 38.9 Å². The Bertz CT molecular complexity index is 3590. The van der Waals surface area contributed by atoms with Gasteiger partial charge in [-0.05, 0) is 103 Å². The molecular formula is C60H41N3O. The van der Waals surface area contributed by atoms with Gasteiger partial charge >= 0.3 is 0 Å². The number of fused-ring (bicyclic) bond motifs is 6. The lowest BCUT2D eigenvalue weighted by atomic mass is 9.82. The first-order chi connectivity index (χ1) is 31.5. The topological polar surface area (TPSA) is 51.8 Å². The van der Waals surface area contributed by atoms with E-state index >= 15 is 0 Å². The second-order valence-corrected chi connectivity index (χ2v) is 17.2. The fraction of sp³-hybridized carbons (Fsp3) is 0.0500. The molecule has 0 spiro atoms. The molecule has 0 atom stereocenters. The van der Waals surface area contributed by atoms with E-state index in [0.29, 0.717) is 17.5 Å². The summed E-state index contributed by atoms with van der Waals surface area (Å²) in [5.41, 5.74) is 18.8. The van der Waals surface area contributed by atoms with Gasteiger partial charge in [-0.1, -0.05) is 190 Å². The number of hydrogen-bond acceptors (Lipinski definition) is 4. The van der Waals surface area contributed by atoms with E-state index in [1.807, 2.05) is 18.2 Å². The van der Waals surface area contributed by atoms with E-state index in [2.05, 4.69) is 208 Å². The predicted molar refractivity (Wildman–Crippen MR) is 263 cm³/mol. The molecular weight excluding hydrogens is 779 g/mol. The van der Waals surface area contributed by atoms with Crippen LogP contribution in [0.5, 0.6) is 0 Å². The largest absolute Gasteiger partial charge is 0.456 e.